The van der Waals surface area contributed by atoms with Gasteiger partial charge in [-0.15, -0.1) is 0 Å². The quantitative estimate of drug-likeness (QED) is 0.737. The molecule has 0 amide bonds. The van der Waals surface area contributed by atoms with E-state index in [0.29, 0.717) is 0 Å². The lowest BCUT2D eigenvalue weighted by molar-refractivity contribution is 0.660. The maximum Gasteiger partial charge on any atom is 0.110 e. The van der Waals surface area contributed by atoms with Gasteiger partial charge >= 0.3 is 0 Å². The lowest BCUT2D eigenvalue weighted by Crippen LogP contribution is -2.15. The molecule has 0 aliphatic carbocycles. The van der Waals surface area contributed by atoms with Crippen LogP contribution in [-0.2, 0) is 13.5 Å². The molecule has 0 saturated heterocycles. The van der Waals surface area contributed by atoms with Crippen LogP contribution in [0.5, 0.6) is 0 Å². The molecule has 3 aromatic rings. The molecule has 3 rings (SSSR count). The van der Waals surface area contributed by atoms with Gasteiger partial charge in [-0.3, -0.25) is 0 Å². The molecule has 0 aliphatic rings. The predicted octanol–water partition coefficient (Wildman–Crippen LogP) is 2.14. The molecule has 92 valence electrons. The number of nitrogens with zero attached hydrogens (tertiary/aromatic N) is 2. The molecule has 1 aromatic carbocycles. The third kappa shape index (κ3) is 1.91. The van der Waals surface area contributed by atoms with Gasteiger partial charge in [0, 0.05) is 43.6 Å². The van der Waals surface area contributed by atoms with Crippen molar-refractivity contribution in [1.29, 1.82) is 0 Å². The van der Waals surface area contributed by atoms with Crippen LogP contribution in [0.3, 0.4) is 0 Å². The zero-order chi connectivity index (χ0) is 12.5. The zero-order valence-corrected chi connectivity index (χ0v) is 10.3. The molecule has 0 spiro atoms. The number of aromatic nitrogens is 3. The molecule has 1 unspecified atom stereocenters. The lowest BCUT2D eigenvalue weighted by atomic mass is 10.0. The third-order valence-electron chi connectivity index (χ3n) is 3.33. The van der Waals surface area contributed by atoms with Crippen molar-refractivity contribution >= 4 is 10.9 Å². The minimum absolute atomic E-state index is 0.0228. The first kappa shape index (κ1) is 11.0. The fourth-order valence-electron chi connectivity index (χ4n) is 2.21. The van der Waals surface area contributed by atoms with Crippen LogP contribution >= 0.6 is 0 Å². The van der Waals surface area contributed by atoms with E-state index in [4.69, 9.17) is 5.73 Å². The SMILES string of the molecule is Cn1ccnc1CC(N)c1ccc2[nH]ccc2c1. The minimum Gasteiger partial charge on any atom is -0.361 e. The Hall–Kier alpha value is -2.07. The summed E-state index contributed by atoms with van der Waals surface area (Å²) in [5.74, 6) is 1.01. The molecule has 0 radical (unpaired) electrons. The summed E-state index contributed by atoms with van der Waals surface area (Å²) in [4.78, 5) is 7.49. The first-order chi connectivity index (χ1) is 8.74. The summed E-state index contributed by atoms with van der Waals surface area (Å²) in [6, 6.07) is 8.33. The van der Waals surface area contributed by atoms with Crippen LogP contribution in [0.4, 0.5) is 0 Å². The summed E-state index contributed by atoms with van der Waals surface area (Å²) >= 11 is 0. The second-order valence-electron chi connectivity index (χ2n) is 4.59. The molecule has 3 N–H and O–H groups in total. The van der Waals surface area contributed by atoms with Crippen molar-refractivity contribution in [1.82, 2.24) is 14.5 Å². The topological polar surface area (TPSA) is 59.6 Å². The lowest BCUT2D eigenvalue weighted by Gasteiger charge is -2.12. The fraction of sp³-hybridized carbons (Fsp3) is 0.214. The molecule has 0 fully saturated rings. The number of rotatable bonds is 3. The van der Waals surface area contributed by atoms with E-state index in [1.807, 2.05) is 24.0 Å². The first-order valence-electron chi connectivity index (χ1n) is 6.03. The molecule has 0 saturated carbocycles. The largest absolute Gasteiger partial charge is 0.361 e. The number of nitrogens with one attached hydrogen (secondary N) is 1. The van der Waals surface area contributed by atoms with Gasteiger partial charge < -0.3 is 15.3 Å². The highest BCUT2D eigenvalue weighted by molar-refractivity contribution is 5.80. The van der Waals surface area contributed by atoms with Crippen molar-refractivity contribution in [2.24, 2.45) is 12.8 Å². The molecule has 1 atom stereocenters. The van der Waals surface area contributed by atoms with Crippen LogP contribution in [0.25, 0.3) is 10.9 Å². The highest BCUT2D eigenvalue weighted by Gasteiger charge is 2.10. The number of hydrogen-bond acceptors (Lipinski definition) is 2. The van der Waals surface area contributed by atoms with E-state index in [0.717, 1.165) is 23.3 Å². The summed E-state index contributed by atoms with van der Waals surface area (Å²) in [6.45, 7) is 0. The number of aryl methyl sites for hydroxylation is 1. The van der Waals surface area contributed by atoms with Crippen molar-refractivity contribution in [2.45, 2.75) is 12.5 Å². The van der Waals surface area contributed by atoms with Crippen LogP contribution in [0, 0.1) is 0 Å². The summed E-state index contributed by atoms with van der Waals surface area (Å²) < 4.78 is 2.01. The van der Waals surface area contributed by atoms with Gasteiger partial charge in [0.2, 0.25) is 0 Å². The number of fused-ring (bicyclic) bond motifs is 1. The van der Waals surface area contributed by atoms with Crippen LogP contribution in [0.15, 0.2) is 42.9 Å². The Morgan fingerprint density at radius 1 is 1.39 bits per heavy atom. The molecular formula is C14H16N4. The summed E-state index contributed by atoms with van der Waals surface area (Å²) in [5, 5.41) is 1.20. The Kier molecular flexibility index (Phi) is 2.64. The molecule has 2 aromatic heterocycles. The third-order valence-corrected chi connectivity index (χ3v) is 3.33. The van der Waals surface area contributed by atoms with Crippen LogP contribution in [0.2, 0.25) is 0 Å². The summed E-state index contributed by atoms with van der Waals surface area (Å²) in [6.07, 6.45) is 6.44. The smallest absolute Gasteiger partial charge is 0.110 e. The Balaban J connectivity index is 1.87. The highest BCUT2D eigenvalue weighted by Crippen LogP contribution is 2.20. The average molecular weight is 240 g/mol. The monoisotopic (exact) mass is 240 g/mol. The second kappa shape index (κ2) is 4.31. The van der Waals surface area contributed by atoms with Crippen molar-refractivity contribution in [3.63, 3.8) is 0 Å². The van der Waals surface area contributed by atoms with Gasteiger partial charge in [-0.2, -0.15) is 0 Å². The highest BCUT2D eigenvalue weighted by atomic mass is 15.0. The van der Waals surface area contributed by atoms with Gasteiger partial charge in [-0.05, 0) is 29.1 Å². The Morgan fingerprint density at radius 2 is 2.28 bits per heavy atom. The van der Waals surface area contributed by atoms with Gasteiger partial charge in [0.1, 0.15) is 5.82 Å². The van der Waals surface area contributed by atoms with E-state index in [-0.39, 0.29) is 6.04 Å². The van der Waals surface area contributed by atoms with Gasteiger partial charge in [0.25, 0.3) is 0 Å². The molecule has 0 aliphatic heterocycles. The van der Waals surface area contributed by atoms with Gasteiger partial charge in [-0.25, -0.2) is 4.98 Å². The maximum atomic E-state index is 6.25. The van der Waals surface area contributed by atoms with E-state index >= 15 is 0 Å². The number of benzene rings is 1. The standard InChI is InChI=1S/C14H16N4/c1-18-7-6-17-14(18)9-12(15)10-2-3-13-11(8-10)4-5-16-13/h2-8,12,16H,9,15H2,1H3. The number of hydrogen-bond donors (Lipinski definition) is 2. The molecule has 4 heteroatoms. The Morgan fingerprint density at radius 3 is 3.06 bits per heavy atom. The first-order valence-corrected chi connectivity index (χ1v) is 6.03. The van der Waals surface area contributed by atoms with E-state index in [1.54, 1.807) is 6.20 Å². The van der Waals surface area contributed by atoms with E-state index in [2.05, 4.69) is 34.2 Å². The van der Waals surface area contributed by atoms with E-state index in [1.165, 1.54) is 5.39 Å². The number of imidazole rings is 1. The normalized spacial score (nSPS) is 13.0. The van der Waals surface area contributed by atoms with Gasteiger partial charge in [0.15, 0.2) is 0 Å². The van der Waals surface area contributed by atoms with Crippen LogP contribution in [0.1, 0.15) is 17.4 Å². The predicted molar refractivity (Wildman–Crippen MR) is 72.1 cm³/mol. The average Bonchev–Trinajstić information content (AvgIpc) is 2.98. The van der Waals surface area contributed by atoms with Crippen molar-refractivity contribution in [3.05, 3.63) is 54.2 Å². The van der Waals surface area contributed by atoms with Gasteiger partial charge in [0.05, 0.1) is 0 Å². The second-order valence-corrected chi connectivity index (χ2v) is 4.59. The van der Waals surface area contributed by atoms with Crippen molar-refractivity contribution < 1.29 is 0 Å². The summed E-state index contributed by atoms with van der Waals surface area (Å²) in [7, 11) is 1.99. The molecule has 18 heavy (non-hydrogen) atoms. The number of nitrogens with two attached hydrogens (primary N) is 1. The van der Waals surface area contributed by atoms with Crippen molar-refractivity contribution in [3.8, 4) is 0 Å². The number of aromatic amines is 1. The fourth-order valence-corrected chi connectivity index (χ4v) is 2.21. The van der Waals surface area contributed by atoms with E-state index < -0.39 is 0 Å². The molecule has 0 bridgehead atoms. The van der Waals surface area contributed by atoms with Gasteiger partial charge in [-0.1, -0.05) is 6.07 Å². The van der Waals surface area contributed by atoms with E-state index in [9.17, 15) is 0 Å². The zero-order valence-electron chi connectivity index (χ0n) is 10.3. The molecule has 4 nitrogen and oxygen atoms in total. The minimum atomic E-state index is -0.0228. The molecule has 2 heterocycles. The van der Waals surface area contributed by atoms with Crippen LogP contribution < -0.4 is 5.73 Å². The maximum absolute atomic E-state index is 6.25. The van der Waals surface area contributed by atoms with Crippen molar-refractivity contribution in [2.75, 3.05) is 0 Å². The molecular weight excluding hydrogens is 224 g/mol. The summed E-state index contributed by atoms with van der Waals surface area (Å²) in [5.41, 5.74) is 8.54. The Bertz CT molecular complexity index is 665. The Labute approximate surface area is 105 Å². The van der Waals surface area contributed by atoms with Crippen LogP contribution in [-0.4, -0.2) is 14.5 Å². The number of H-pyrrole nitrogens is 1.